The zero-order valence-electron chi connectivity index (χ0n) is 29.1. The number of rotatable bonds is 10. The second-order valence-corrected chi connectivity index (χ2v) is 13.6. The number of aryl methyl sites for hydroxylation is 1. The molecule has 0 unspecified atom stereocenters. The van der Waals surface area contributed by atoms with E-state index in [0.29, 0.717) is 40.7 Å². The fourth-order valence-electron chi connectivity index (χ4n) is 5.25. The molecular formula is C35H59N10NaO3S3. The van der Waals surface area contributed by atoms with E-state index in [9.17, 15) is 8.42 Å². The summed E-state index contributed by atoms with van der Waals surface area (Å²) in [5.74, 6) is 4.04. The minimum absolute atomic E-state index is 0. The Balaban J connectivity index is 0. The minimum atomic E-state index is -3.74. The second kappa shape index (κ2) is 22.5. The number of hydrogen-bond acceptors (Lipinski definition) is 11. The number of benzene rings is 1. The number of nitrogens with one attached hydrogen (secondary N) is 5. The summed E-state index contributed by atoms with van der Waals surface area (Å²) in [4.78, 5) is 21.1. The SMILES string of the molecule is C.C.C.CNc1nc(N[C@@H](C)C2CC2)c2cc[nH]c2n1.CNc1nc(N[C@@H](C)C2CC2)c2ccn(S(=O)(=O)c3ccc(C)cc3)c2n1.C[O-].S.S.[Na+]. The van der Waals surface area contributed by atoms with Crippen molar-refractivity contribution in [1.29, 1.82) is 0 Å². The van der Waals surface area contributed by atoms with Gasteiger partial charge in [0.2, 0.25) is 11.9 Å². The number of aromatic nitrogens is 6. The second-order valence-electron chi connectivity index (χ2n) is 11.7. The van der Waals surface area contributed by atoms with E-state index >= 15 is 0 Å². The van der Waals surface area contributed by atoms with Crippen LogP contribution in [0.2, 0.25) is 0 Å². The Bertz CT molecular complexity index is 1900. The van der Waals surface area contributed by atoms with Crippen molar-refractivity contribution in [3.63, 3.8) is 0 Å². The van der Waals surface area contributed by atoms with Crippen LogP contribution in [0.15, 0.2) is 53.7 Å². The summed E-state index contributed by atoms with van der Waals surface area (Å²) in [5, 5.41) is 22.8. The molecule has 2 aliphatic carbocycles. The van der Waals surface area contributed by atoms with Gasteiger partial charge < -0.3 is 31.4 Å². The molecular weight excluding hydrogens is 728 g/mol. The van der Waals surface area contributed by atoms with Gasteiger partial charge in [0, 0.05) is 38.6 Å². The zero-order valence-corrected chi connectivity index (χ0v) is 33.9. The molecule has 0 aliphatic heterocycles. The van der Waals surface area contributed by atoms with E-state index in [-0.39, 0.29) is 89.8 Å². The van der Waals surface area contributed by atoms with Gasteiger partial charge in [0.1, 0.15) is 17.3 Å². The normalized spacial score (nSPS) is 13.8. The van der Waals surface area contributed by atoms with E-state index in [1.165, 1.54) is 29.7 Å². The summed E-state index contributed by atoms with van der Waals surface area (Å²) in [6.07, 6.45) is 8.52. The molecule has 4 aromatic heterocycles. The molecule has 52 heavy (non-hydrogen) atoms. The van der Waals surface area contributed by atoms with Crippen LogP contribution in [-0.2, 0) is 10.0 Å². The summed E-state index contributed by atoms with van der Waals surface area (Å²) in [6, 6.07) is 11.3. The molecule has 0 radical (unpaired) electrons. The van der Waals surface area contributed by atoms with Crippen LogP contribution in [0, 0.1) is 18.8 Å². The minimum Gasteiger partial charge on any atom is -0.857 e. The smallest absolute Gasteiger partial charge is 0.857 e. The van der Waals surface area contributed by atoms with Crippen LogP contribution in [-0.4, -0.2) is 70.6 Å². The van der Waals surface area contributed by atoms with Gasteiger partial charge in [0.25, 0.3) is 10.0 Å². The molecule has 4 heterocycles. The Labute approximate surface area is 346 Å². The largest absolute Gasteiger partial charge is 1.00 e. The molecule has 7 rings (SSSR count). The number of aromatic amines is 1. The molecule has 0 spiro atoms. The fourth-order valence-corrected chi connectivity index (χ4v) is 6.55. The Morgan fingerprint density at radius 1 is 0.769 bits per heavy atom. The Hall–Kier alpha value is -2.73. The van der Waals surface area contributed by atoms with Crippen LogP contribution in [0.3, 0.4) is 0 Å². The third kappa shape index (κ3) is 11.9. The van der Waals surface area contributed by atoms with Crippen LogP contribution in [0.1, 0.15) is 67.4 Å². The number of anilines is 4. The summed E-state index contributed by atoms with van der Waals surface area (Å²) < 4.78 is 27.5. The quantitative estimate of drug-likeness (QED) is 0.131. The van der Waals surface area contributed by atoms with Gasteiger partial charge in [0.15, 0.2) is 5.65 Å². The van der Waals surface area contributed by atoms with Crippen molar-refractivity contribution in [2.45, 2.75) is 85.7 Å². The van der Waals surface area contributed by atoms with Crippen molar-refractivity contribution in [1.82, 2.24) is 28.9 Å². The maximum atomic E-state index is 13.1. The molecule has 286 valence electrons. The first-order valence-electron chi connectivity index (χ1n) is 15.5. The maximum absolute atomic E-state index is 13.1. The van der Waals surface area contributed by atoms with Crippen molar-refractivity contribution >= 4 is 82.6 Å². The van der Waals surface area contributed by atoms with Crippen LogP contribution < -0.4 is 55.9 Å². The maximum Gasteiger partial charge on any atom is 1.00 e. The topological polar surface area (TPSA) is 178 Å². The number of fused-ring (bicyclic) bond motifs is 2. The van der Waals surface area contributed by atoms with E-state index in [1.54, 1.807) is 43.6 Å². The summed E-state index contributed by atoms with van der Waals surface area (Å²) in [7, 11) is 0.558. The Kier molecular flexibility index (Phi) is 22.2. The van der Waals surface area contributed by atoms with Gasteiger partial charge in [-0.3, -0.25) is 0 Å². The predicted octanol–water partition coefficient (Wildman–Crippen LogP) is 3.55. The molecule has 2 fully saturated rings. The van der Waals surface area contributed by atoms with Crippen LogP contribution >= 0.6 is 27.0 Å². The van der Waals surface area contributed by atoms with E-state index < -0.39 is 10.0 Å². The van der Waals surface area contributed by atoms with Crippen molar-refractivity contribution in [3.05, 3.63) is 54.4 Å². The van der Waals surface area contributed by atoms with Crippen molar-refractivity contribution < 1.29 is 43.1 Å². The Morgan fingerprint density at radius 3 is 1.73 bits per heavy atom. The van der Waals surface area contributed by atoms with Crippen LogP contribution in [0.5, 0.6) is 0 Å². The van der Waals surface area contributed by atoms with Crippen molar-refractivity contribution in [3.8, 4) is 0 Å². The molecule has 5 N–H and O–H groups in total. The fraction of sp³-hybridized carbons (Fsp3) is 0.486. The van der Waals surface area contributed by atoms with Gasteiger partial charge >= 0.3 is 29.6 Å². The number of hydrogen-bond donors (Lipinski definition) is 5. The molecule has 13 nitrogen and oxygen atoms in total. The molecule has 2 aliphatic rings. The van der Waals surface area contributed by atoms with Crippen molar-refractivity contribution in [2.75, 3.05) is 42.5 Å². The molecule has 0 bridgehead atoms. The van der Waals surface area contributed by atoms with Gasteiger partial charge in [-0.2, -0.15) is 54.0 Å². The zero-order chi connectivity index (χ0) is 33.0. The first-order chi connectivity index (χ1) is 22.2. The van der Waals surface area contributed by atoms with E-state index in [1.807, 2.05) is 26.2 Å². The molecule has 0 saturated heterocycles. The Morgan fingerprint density at radius 2 is 1.25 bits per heavy atom. The summed E-state index contributed by atoms with van der Waals surface area (Å²) >= 11 is 0. The van der Waals surface area contributed by atoms with Crippen molar-refractivity contribution in [2.24, 2.45) is 11.8 Å². The average molecular weight is 787 g/mol. The van der Waals surface area contributed by atoms with E-state index in [2.05, 4.69) is 60.0 Å². The van der Waals surface area contributed by atoms with Crippen LogP contribution in [0.25, 0.3) is 22.1 Å². The molecule has 0 amide bonds. The van der Waals surface area contributed by atoms with Gasteiger partial charge in [-0.25, -0.2) is 12.4 Å². The molecule has 2 saturated carbocycles. The molecule has 5 aromatic rings. The third-order valence-electron chi connectivity index (χ3n) is 8.34. The van der Waals surface area contributed by atoms with Gasteiger partial charge in [-0.05, 0) is 82.6 Å². The van der Waals surface area contributed by atoms with Gasteiger partial charge in [-0.15, -0.1) is 0 Å². The first kappa shape index (κ1) is 51.4. The predicted molar refractivity (Wildman–Crippen MR) is 223 cm³/mol. The molecule has 17 heteroatoms. The van der Waals surface area contributed by atoms with E-state index in [4.69, 9.17) is 5.11 Å². The average Bonchev–Trinajstić information content (AvgIpc) is 4.00. The summed E-state index contributed by atoms with van der Waals surface area (Å²) in [6.45, 7) is 6.27. The number of nitrogens with zero attached hydrogens (tertiary/aromatic N) is 5. The number of H-pyrrole nitrogens is 1. The monoisotopic (exact) mass is 786 g/mol. The van der Waals surface area contributed by atoms with Gasteiger partial charge in [0.05, 0.1) is 15.7 Å². The van der Waals surface area contributed by atoms with E-state index in [0.717, 1.165) is 35.4 Å². The third-order valence-corrected chi connectivity index (χ3v) is 10.0. The summed E-state index contributed by atoms with van der Waals surface area (Å²) in [5.41, 5.74) is 2.24. The van der Waals surface area contributed by atoms with Crippen LogP contribution in [0.4, 0.5) is 23.5 Å². The first-order valence-corrected chi connectivity index (χ1v) is 17.0. The standard InChI is InChI=1S/C19H23N5O2S.C12H17N5.CH3O.3CH4.Na.2H2S/c1-12-4-8-15(9-5-12)27(25,26)24-11-10-16-17(21-13(2)14-6-7-14)22-19(20-3)23-18(16)24;1-7(8-3-4-8)15-11-9-5-6-14-10(9)16-12(13-2)17-11;1-2;;;;;;/h4-5,8-11,13-14H,6-7H2,1-3H3,(H2,20,21,22,23);5-8H,3-4H2,1-2H3,(H3,13,14,15,16,17);1H3;3*1H4;;2*1H2/q;;-1;;;;+1;;/t13-;7-;;;;;;;/m00......./s1. The molecule has 1 aromatic carbocycles. The van der Waals surface area contributed by atoms with Gasteiger partial charge in [-0.1, -0.05) is 40.0 Å². The molecule has 2 atom stereocenters.